The van der Waals surface area contributed by atoms with Crippen LogP contribution >= 0.6 is 0 Å². The van der Waals surface area contributed by atoms with Crippen LogP contribution in [0.25, 0.3) is 0 Å². The quantitative estimate of drug-likeness (QED) is 0.746. The van der Waals surface area contributed by atoms with Gasteiger partial charge < -0.3 is 15.4 Å². The van der Waals surface area contributed by atoms with E-state index in [1.54, 1.807) is 25.1 Å². The minimum atomic E-state index is -0.468. The maximum absolute atomic E-state index is 11.5. The highest BCUT2D eigenvalue weighted by Gasteiger charge is 2.15. The molecule has 0 unspecified atom stereocenters. The Hall–Kier alpha value is -2.04. The number of aryl methyl sites for hydroxylation is 1. The van der Waals surface area contributed by atoms with Crippen LogP contribution in [-0.4, -0.2) is 26.2 Å². The molecule has 5 nitrogen and oxygen atoms in total. The molecule has 0 spiro atoms. The van der Waals surface area contributed by atoms with Gasteiger partial charge in [0.1, 0.15) is 0 Å². The van der Waals surface area contributed by atoms with Gasteiger partial charge in [0.15, 0.2) is 0 Å². The molecule has 0 aromatic heterocycles. The number of carbonyl (C=O) groups is 2. The van der Waals surface area contributed by atoms with E-state index in [4.69, 9.17) is 0 Å². The third-order valence-corrected chi connectivity index (χ3v) is 2.14. The van der Waals surface area contributed by atoms with E-state index < -0.39 is 5.97 Å². The molecular weight excluding hydrogens is 208 g/mol. The summed E-state index contributed by atoms with van der Waals surface area (Å²) in [5.74, 6) is -0.468. The number of ether oxygens (including phenoxy) is 1. The van der Waals surface area contributed by atoms with Crippen LogP contribution in [0.4, 0.5) is 10.5 Å². The topological polar surface area (TPSA) is 67.4 Å². The van der Waals surface area contributed by atoms with Gasteiger partial charge in [0.25, 0.3) is 0 Å². The average molecular weight is 222 g/mol. The predicted octanol–water partition coefficient (Wildman–Crippen LogP) is 1.53. The number of anilines is 1. The summed E-state index contributed by atoms with van der Waals surface area (Å²) in [4.78, 5) is 22.7. The lowest BCUT2D eigenvalue weighted by Gasteiger charge is -2.11. The fourth-order valence-corrected chi connectivity index (χ4v) is 1.33. The number of hydrogen-bond donors (Lipinski definition) is 2. The molecule has 0 heterocycles. The summed E-state index contributed by atoms with van der Waals surface area (Å²) in [7, 11) is 2.81. The zero-order chi connectivity index (χ0) is 12.1. The zero-order valence-corrected chi connectivity index (χ0v) is 9.46. The van der Waals surface area contributed by atoms with E-state index in [0.717, 1.165) is 5.56 Å². The fourth-order valence-electron chi connectivity index (χ4n) is 1.33. The molecule has 5 heteroatoms. The lowest BCUT2D eigenvalue weighted by atomic mass is 10.1. The number of amides is 2. The Labute approximate surface area is 93.8 Å². The monoisotopic (exact) mass is 222 g/mol. The number of carbonyl (C=O) groups excluding carboxylic acids is 2. The molecular formula is C11H14N2O3. The number of esters is 1. The van der Waals surface area contributed by atoms with Gasteiger partial charge in [0.05, 0.1) is 18.4 Å². The average Bonchev–Trinajstić information content (AvgIpc) is 2.28. The Morgan fingerprint density at radius 1 is 1.31 bits per heavy atom. The van der Waals surface area contributed by atoms with Crippen molar-refractivity contribution in [3.05, 3.63) is 29.3 Å². The van der Waals surface area contributed by atoms with E-state index in [-0.39, 0.29) is 6.03 Å². The largest absolute Gasteiger partial charge is 0.465 e. The normalized spacial score (nSPS) is 9.44. The number of rotatable bonds is 2. The molecule has 0 atom stereocenters. The predicted molar refractivity (Wildman–Crippen MR) is 60.6 cm³/mol. The maximum Gasteiger partial charge on any atom is 0.340 e. The Balaban J connectivity index is 3.12. The Morgan fingerprint density at radius 3 is 2.56 bits per heavy atom. The number of benzene rings is 1. The molecule has 0 aliphatic rings. The maximum atomic E-state index is 11.5. The summed E-state index contributed by atoms with van der Waals surface area (Å²) < 4.78 is 4.66. The third-order valence-electron chi connectivity index (χ3n) is 2.14. The van der Waals surface area contributed by atoms with Crippen molar-refractivity contribution >= 4 is 17.7 Å². The van der Waals surface area contributed by atoms with E-state index >= 15 is 0 Å². The van der Waals surface area contributed by atoms with Gasteiger partial charge in [-0.25, -0.2) is 9.59 Å². The van der Waals surface area contributed by atoms with Gasteiger partial charge in [0.2, 0.25) is 0 Å². The molecule has 1 rings (SSSR count). The van der Waals surface area contributed by atoms with Gasteiger partial charge in [-0.2, -0.15) is 0 Å². The van der Waals surface area contributed by atoms with Gasteiger partial charge in [-0.3, -0.25) is 0 Å². The molecule has 0 saturated carbocycles. The van der Waals surface area contributed by atoms with Crippen LogP contribution in [0, 0.1) is 6.92 Å². The van der Waals surface area contributed by atoms with Crippen LogP contribution in [0.15, 0.2) is 18.2 Å². The van der Waals surface area contributed by atoms with Gasteiger partial charge in [0, 0.05) is 7.05 Å². The van der Waals surface area contributed by atoms with Gasteiger partial charge in [-0.05, 0) is 18.6 Å². The Bertz CT molecular complexity index is 416. The molecule has 0 bridgehead atoms. The minimum Gasteiger partial charge on any atom is -0.465 e. The summed E-state index contributed by atoms with van der Waals surface area (Å²) in [6, 6.07) is 4.80. The van der Waals surface area contributed by atoms with Crippen LogP contribution in [0.3, 0.4) is 0 Å². The second kappa shape index (κ2) is 5.16. The van der Waals surface area contributed by atoms with Crippen LogP contribution < -0.4 is 10.6 Å². The standard InChI is InChI=1S/C11H14N2O3/c1-7-5-4-6-8(13-11(15)12-2)9(7)10(14)16-3/h4-6H,1-3H3,(H2,12,13,15). The van der Waals surface area contributed by atoms with Crippen molar-refractivity contribution in [2.75, 3.05) is 19.5 Å². The Kier molecular flexibility index (Phi) is 3.88. The highest BCUT2D eigenvalue weighted by atomic mass is 16.5. The molecule has 0 aliphatic carbocycles. The van der Waals surface area contributed by atoms with Crippen LogP contribution in [-0.2, 0) is 4.74 Å². The summed E-state index contributed by atoms with van der Waals surface area (Å²) in [6.45, 7) is 1.78. The van der Waals surface area contributed by atoms with Crippen molar-refractivity contribution in [3.8, 4) is 0 Å². The first-order valence-corrected chi connectivity index (χ1v) is 4.76. The second-order valence-electron chi connectivity index (χ2n) is 3.19. The molecule has 16 heavy (non-hydrogen) atoms. The summed E-state index contributed by atoms with van der Waals surface area (Å²) in [5.41, 5.74) is 1.56. The number of urea groups is 1. The highest BCUT2D eigenvalue weighted by Crippen LogP contribution is 2.20. The van der Waals surface area contributed by atoms with Crippen molar-refractivity contribution in [1.29, 1.82) is 0 Å². The molecule has 0 radical (unpaired) electrons. The SMILES string of the molecule is CNC(=O)Nc1cccc(C)c1C(=O)OC. The van der Waals surface area contributed by atoms with Gasteiger partial charge in [-0.1, -0.05) is 12.1 Å². The van der Waals surface area contributed by atoms with Crippen LogP contribution in [0.5, 0.6) is 0 Å². The molecule has 0 saturated heterocycles. The van der Waals surface area contributed by atoms with Gasteiger partial charge >= 0.3 is 12.0 Å². The van der Waals surface area contributed by atoms with Crippen LogP contribution in [0.1, 0.15) is 15.9 Å². The number of hydrogen-bond acceptors (Lipinski definition) is 3. The summed E-state index contributed by atoms with van der Waals surface area (Å²) in [6.07, 6.45) is 0. The first-order chi connectivity index (χ1) is 7.60. The fraction of sp³-hybridized carbons (Fsp3) is 0.273. The summed E-state index contributed by atoms with van der Waals surface area (Å²) >= 11 is 0. The van der Waals surface area contributed by atoms with Crippen molar-refractivity contribution in [1.82, 2.24) is 5.32 Å². The summed E-state index contributed by atoms with van der Waals surface area (Å²) in [5, 5.41) is 4.98. The third kappa shape index (κ3) is 2.50. The van der Waals surface area contributed by atoms with Crippen molar-refractivity contribution in [2.24, 2.45) is 0 Å². The molecule has 0 fully saturated rings. The first-order valence-electron chi connectivity index (χ1n) is 4.76. The second-order valence-corrected chi connectivity index (χ2v) is 3.19. The molecule has 86 valence electrons. The number of nitrogens with one attached hydrogen (secondary N) is 2. The number of methoxy groups -OCH3 is 1. The molecule has 1 aromatic rings. The molecule has 2 amide bonds. The molecule has 1 aromatic carbocycles. The van der Waals surface area contributed by atoms with Crippen molar-refractivity contribution < 1.29 is 14.3 Å². The lowest BCUT2D eigenvalue weighted by Crippen LogP contribution is -2.25. The molecule has 0 aliphatic heterocycles. The van der Waals surface area contributed by atoms with E-state index in [1.165, 1.54) is 14.2 Å². The van der Waals surface area contributed by atoms with Gasteiger partial charge in [-0.15, -0.1) is 0 Å². The van der Waals surface area contributed by atoms with Crippen molar-refractivity contribution in [2.45, 2.75) is 6.92 Å². The van der Waals surface area contributed by atoms with E-state index in [2.05, 4.69) is 15.4 Å². The van der Waals surface area contributed by atoms with E-state index in [0.29, 0.717) is 11.3 Å². The smallest absolute Gasteiger partial charge is 0.340 e. The lowest BCUT2D eigenvalue weighted by molar-refractivity contribution is 0.0601. The van der Waals surface area contributed by atoms with E-state index in [9.17, 15) is 9.59 Å². The minimum absolute atomic E-state index is 0.369. The van der Waals surface area contributed by atoms with Crippen molar-refractivity contribution in [3.63, 3.8) is 0 Å². The molecule has 2 N–H and O–H groups in total. The first kappa shape index (κ1) is 12.0. The van der Waals surface area contributed by atoms with E-state index in [1.807, 2.05) is 0 Å². The Morgan fingerprint density at radius 2 is 2.00 bits per heavy atom. The highest BCUT2D eigenvalue weighted by molar-refractivity contribution is 6.01. The zero-order valence-electron chi connectivity index (χ0n) is 9.46. The van der Waals surface area contributed by atoms with Crippen LogP contribution in [0.2, 0.25) is 0 Å².